The van der Waals surface area contributed by atoms with E-state index in [0.717, 1.165) is 21.8 Å². The Balaban J connectivity index is 1.61. The van der Waals surface area contributed by atoms with Crippen LogP contribution in [0.25, 0.3) is 11.3 Å². The molecule has 1 heterocycles. The smallest absolute Gasteiger partial charge is 0.247 e. The highest BCUT2D eigenvalue weighted by Gasteiger charge is 2.33. The number of benzene rings is 3. The molecule has 1 aromatic heterocycles. The summed E-state index contributed by atoms with van der Waals surface area (Å²) >= 11 is 7.50. The molecule has 1 unspecified atom stereocenters. The van der Waals surface area contributed by atoms with Gasteiger partial charge in [0.25, 0.3) is 0 Å². The van der Waals surface area contributed by atoms with Gasteiger partial charge in [0.2, 0.25) is 11.8 Å². The average molecular weight is 548 g/mol. The van der Waals surface area contributed by atoms with Crippen molar-refractivity contribution in [3.8, 4) is 17.0 Å². The fourth-order valence-corrected chi connectivity index (χ4v) is 5.12. The number of aromatic nitrogens is 1. The third-order valence-corrected chi connectivity index (χ3v) is 7.19. The molecule has 0 saturated heterocycles. The van der Waals surface area contributed by atoms with Crippen LogP contribution in [0.4, 0.5) is 5.69 Å². The molecule has 3 aromatic carbocycles. The van der Waals surface area contributed by atoms with E-state index in [4.69, 9.17) is 21.3 Å². The third-order valence-electron chi connectivity index (χ3n) is 6.11. The van der Waals surface area contributed by atoms with Gasteiger partial charge in [-0.05, 0) is 47.9 Å². The van der Waals surface area contributed by atoms with Crippen LogP contribution in [0.15, 0.2) is 84.2 Å². The van der Waals surface area contributed by atoms with Crippen molar-refractivity contribution in [1.82, 2.24) is 9.88 Å². The average Bonchev–Trinajstić information content (AvgIpc) is 3.38. The van der Waals surface area contributed by atoms with Gasteiger partial charge in [-0.15, -0.1) is 11.3 Å². The Morgan fingerprint density at radius 2 is 1.68 bits per heavy atom. The molecule has 4 rings (SSSR count). The Labute approximate surface area is 232 Å². The zero-order valence-electron chi connectivity index (χ0n) is 21.6. The summed E-state index contributed by atoms with van der Waals surface area (Å²) in [6, 6.07) is 23.5. The first-order valence-electron chi connectivity index (χ1n) is 12.3. The van der Waals surface area contributed by atoms with Crippen molar-refractivity contribution in [2.75, 3.05) is 12.4 Å². The van der Waals surface area contributed by atoms with E-state index in [9.17, 15) is 9.59 Å². The van der Waals surface area contributed by atoms with Crippen molar-refractivity contribution in [3.05, 3.63) is 99.8 Å². The van der Waals surface area contributed by atoms with E-state index in [0.29, 0.717) is 16.5 Å². The second kappa shape index (κ2) is 12.7. The lowest BCUT2D eigenvalue weighted by molar-refractivity contribution is -0.140. The molecule has 0 fully saturated rings. The minimum atomic E-state index is -0.698. The zero-order chi connectivity index (χ0) is 27.1. The number of hydrogen-bond acceptors (Lipinski definition) is 5. The van der Waals surface area contributed by atoms with Crippen LogP contribution >= 0.6 is 22.9 Å². The van der Waals surface area contributed by atoms with Gasteiger partial charge in [-0.25, -0.2) is 4.98 Å². The van der Waals surface area contributed by atoms with Gasteiger partial charge in [0.1, 0.15) is 16.8 Å². The van der Waals surface area contributed by atoms with Crippen LogP contribution in [-0.4, -0.2) is 34.8 Å². The Morgan fingerprint density at radius 3 is 2.32 bits per heavy atom. The van der Waals surface area contributed by atoms with Crippen molar-refractivity contribution in [2.24, 2.45) is 5.92 Å². The highest BCUT2D eigenvalue weighted by molar-refractivity contribution is 7.09. The molecule has 1 atom stereocenters. The maximum atomic E-state index is 13.7. The quantitative estimate of drug-likeness (QED) is 0.239. The van der Waals surface area contributed by atoms with Gasteiger partial charge in [-0.1, -0.05) is 67.9 Å². The standard InChI is InChI=1S/C30H30ClN3O3S/c1-20(2)29(30(36)32-24-13-15-25(37-3)16-14-24)34(28(35)17-21-7-5-4-6-8-21)18-27-33-26(19-38-27)22-9-11-23(31)12-10-22/h4-16,19-20,29H,17-18H2,1-3H3,(H,32,36). The van der Waals surface area contributed by atoms with Crippen LogP contribution < -0.4 is 10.1 Å². The number of rotatable bonds is 10. The maximum absolute atomic E-state index is 13.7. The van der Waals surface area contributed by atoms with Gasteiger partial charge in [-0.2, -0.15) is 0 Å². The number of halogens is 1. The fourth-order valence-electron chi connectivity index (χ4n) is 4.19. The highest BCUT2D eigenvalue weighted by Crippen LogP contribution is 2.26. The number of ether oxygens (including phenoxy) is 1. The van der Waals surface area contributed by atoms with Crippen molar-refractivity contribution < 1.29 is 14.3 Å². The number of anilines is 1. The van der Waals surface area contributed by atoms with E-state index >= 15 is 0 Å². The molecular formula is C30H30ClN3O3S. The molecule has 4 aromatic rings. The first kappa shape index (κ1) is 27.4. The minimum Gasteiger partial charge on any atom is -0.497 e. The second-order valence-corrected chi connectivity index (χ2v) is 10.6. The van der Waals surface area contributed by atoms with Crippen molar-refractivity contribution >= 4 is 40.4 Å². The minimum absolute atomic E-state index is 0.135. The maximum Gasteiger partial charge on any atom is 0.247 e. The van der Waals surface area contributed by atoms with Crippen molar-refractivity contribution in [3.63, 3.8) is 0 Å². The molecule has 1 N–H and O–H groups in total. The molecule has 0 bridgehead atoms. The van der Waals surface area contributed by atoms with Crippen LogP contribution in [-0.2, 0) is 22.6 Å². The molecule has 6 nitrogen and oxygen atoms in total. The van der Waals surface area contributed by atoms with E-state index < -0.39 is 6.04 Å². The molecule has 0 radical (unpaired) electrons. The fraction of sp³-hybridized carbons (Fsp3) is 0.233. The molecule has 0 saturated carbocycles. The van der Waals surface area contributed by atoms with E-state index in [1.54, 1.807) is 36.3 Å². The number of carbonyl (C=O) groups excluding carboxylic acids is 2. The molecule has 0 aliphatic heterocycles. The van der Waals surface area contributed by atoms with E-state index in [1.807, 2.05) is 73.8 Å². The Bertz CT molecular complexity index is 1360. The monoisotopic (exact) mass is 547 g/mol. The van der Waals surface area contributed by atoms with Gasteiger partial charge in [0.15, 0.2) is 0 Å². The summed E-state index contributed by atoms with van der Waals surface area (Å²) < 4.78 is 5.21. The van der Waals surface area contributed by atoms with E-state index in [1.165, 1.54) is 11.3 Å². The lowest BCUT2D eigenvalue weighted by Gasteiger charge is -2.33. The summed E-state index contributed by atoms with van der Waals surface area (Å²) in [6.07, 6.45) is 0.190. The van der Waals surface area contributed by atoms with Crippen LogP contribution in [0.2, 0.25) is 5.02 Å². The molecule has 0 spiro atoms. The van der Waals surface area contributed by atoms with Gasteiger partial charge >= 0.3 is 0 Å². The predicted molar refractivity (Wildman–Crippen MR) is 154 cm³/mol. The predicted octanol–water partition coefficient (Wildman–Crippen LogP) is 6.71. The van der Waals surface area contributed by atoms with Crippen LogP contribution in [0.5, 0.6) is 5.75 Å². The lowest BCUT2D eigenvalue weighted by atomic mass is 10.00. The molecule has 38 heavy (non-hydrogen) atoms. The van der Waals surface area contributed by atoms with Crippen molar-refractivity contribution in [1.29, 1.82) is 0 Å². The Kier molecular flexibility index (Phi) is 9.15. The Hall–Kier alpha value is -3.68. The second-order valence-electron chi connectivity index (χ2n) is 9.22. The summed E-state index contributed by atoms with van der Waals surface area (Å²) in [7, 11) is 1.59. The summed E-state index contributed by atoms with van der Waals surface area (Å²) in [6.45, 7) is 4.12. The number of amides is 2. The van der Waals surface area contributed by atoms with Gasteiger partial charge in [-0.3, -0.25) is 9.59 Å². The summed E-state index contributed by atoms with van der Waals surface area (Å²) in [5.41, 5.74) is 3.27. The number of nitrogens with zero attached hydrogens (tertiary/aromatic N) is 2. The van der Waals surface area contributed by atoms with Gasteiger partial charge in [0.05, 0.1) is 25.8 Å². The summed E-state index contributed by atoms with van der Waals surface area (Å²) in [5.74, 6) is 0.177. The van der Waals surface area contributed by atoms with Crippen LogP contribution in [0, 0.1) is 5.92 Å². The van der Waals surface area contributed by atoms with Gasteiger partial charge in [0, 0.05) is 21.7 Å². The largest absolute Gasteiger partial charge is 0.497 e. The van der Waals surface area contributed by atoms with Crippen LogP contribution in [0.1, 0.15) is 24.4 Å². The van der Waals surface area contributed by atoms with Gasteiger partial charge < -0.3 is 15.0 Å². The van der Waals surface area contributed by atoms with E-state index in [-0.39, 0.29) is 30.7 Å². The molecular weight excluding hydrogens is 518 g/mol. The first-order chi connectivity index (χ1) is 18.3. The van der Waals surface area contributed by atoms with Crippen LogP contribution in [0.3, 0.4) is 0 Å². The lowest BCUT2D eigenvalue weighted by Crippen LogP contribution is -2.50. The first-order valence-corrected chi connectivity index (χ1v) is 13.6. The summed E-state index contributed by atoms with van der Waals surface area (Å²) in [5, 5.41) is 6.34. The Morgan fingerprint density at radius 1 is 1.00 bits per heavy atom. The number of carbonyl (C=O) groups is 2. The molecule has 0 aliphatic carbocycles. The SMILES string of the molecule is COc1ccc(NC(=O)C(C(C)C)N(Cc2nc(-c3ccc(Cl)cc3)cs2)C(=O)Cc2ccccc2)cc1. The van der Waals surface area contributed by atoms with E-state index in [2.05, 4.69) is 5.32 Å². The number of thiazole rings is 1. The third kappa shape index (κ3) is 7.00. The zero-order valence-corrected chi connectivity index (χ0v) is 23.1. The molecule has 2 amide bonds. The number of nitrogens with one attached hydrogen (secondary N) is 1. The summed E-state index contributed by atoms with van der Waals surface area (Å²) in [4.78, 5) is 33.7. The van der Waals surface area contributed by atoms with Crippen molar-refractivity contribution in [2.45, 2.75) is 32.9 Å². The topological polar surface area (TPSA) is 71.5 Å². The molecule has 8 heteroatoms. The molecule has 0 aliphatic rings. The normalized spacial score (nSPS) is 11.7. The molecule has 196 valence electrons. The number of hydrogen-bond donors (Lipinski definition) is 1. The highest BCUT2D eigenvalue weighted by atomic mass is 35.5. The number of methoxy groups -OCH3 is 1.